The minimum Gasteiger partial charge on any atom is -0.495 e. The van der Waals surface area contributed by atoms with Crippen molar-refractivity contribution in [1.29, 1.82) is 0 Å². The lowest BCUT2D eigenvalue weighted by atomic mass is 10.1. The summed E-state index contributed by atoms with van der Waals surface area (Å²) in [5.74, 6) is -0.707. The molecule has 0 saturated heterocycles. The van der Waals surface area contributed by atoms with E-state index in [1.165, 1.54) is 25.3 Å². The summed E-state index contributed by atoms with van der Waals surface area (Å²) >= 11 is 5.64. The molecule has 6 heteroatoms. The molecule has 2 aromatic carbocycles. The van der Waals surface area contributed by atoms with E-state index in [-0.39, 0.29) is 17.1 Å². The monoisotopic (exact) mass is 308 g/mol. The van der Waals surface area contributed by atoms with E-state index < -0.39 is 11.7 Å². The zero-order chi connectivity index (χ0) is 15.4. The van der Waals surface area contributed by atoms with Gasteiger partial charge in [-0.2, -0.15) is 0 Å². The second kappa shape index (κ2) is 6.45. The molecule has 0 atom stereocenters. The number of carbonyl (C=O) groups excluding carboxylic acids is 1. The molecule has 0 radical (unpaired) electrons. The Morgan fingerprint density at radius 1 is 1.38 bits per heavy atom. The Morgan fingerprint density at radius 2 is 2.14 bits per heavy atom. The van der Waals surface area contributed by atoms with Gasteiger partial charge < -0.3 is 15.8 Å². The third-order valence-corrected chi connectivity index (χ3v) is 3.24. The molecular weight excluding hydrogens is 295 g/mol. The maximum absolute atomic E-state index is 13.7. The lowest BCUT2D eigenvalue weighted by Gasteiger charge is -2.09. The highest BCUT2D eigenvalue weighted by molar-refractivity contribution is 6.31. The number of carbonyl (C=O) groups is 1. The van der Waals surface area contributed by atoms with Crippen LogP contribution in [-0.4, -0.2) is 13.0 Å². The second-order valence-electron chi connectivity index (χ2n) is 4.36. The number of ether oxygens (including phenoxy) is 1. The average molecular weight is 309 g/mol. The summed E-state index contributed by atoms with van der Waals surface area (Å²) in [6.45, 7) is 0.221. The fourth-order valence-corrected chi connectivity index (χ4v) is 2.03. The van der Waals surface area contributed by atoms with Crippen LogP contribution < -0.4 is 15.8 Å². The van der Waals surface area contributed by atoms with Gasteiger partial charge in [0.25, 0.3) is 5.91 Å². The molecule has 0 unspecified atom stereocenters. The van der Waals surface area contributed by atoms with Crippen LogP contribution in [0, 0.1) is 5.82 Å². The van der Waals surface area contributed by atoms with Gasteiger partial charge in [0.1, 0.15) is 5.75 Å². The number of nitrogens with one attached hydrogen (secondary N) is 1. The molecule has 0 aliphatic rings. The Hall–Kier alpha value is -2.27. The highest BCUT2D eigenvalue weighted by Gasteiger charge is 2.13. The van der Waals surface area contributed by atoms with E-state index in [9.17, 15) is 9.18 Å². The van der Waals surface area contributed by atoms with Gasteiger partial charge >= 0.3 is 0 Å². The number of hydrogen-bond donors (Lipinski definition) is 2. The number of anilines is 1. The molecule has 21 heavy (non-hydrogen) atoms. The van der Waals surface area contributed by atoms with Crippen molar-refractivity contribution in [2.45, 2.75) is 6.54 Å². The predicted molar refractivity (Wildman–Crippen MR) is 80.0 cm³/mol. The molecule has 0 aromatic heterocycles. The Bertz CT molecular complexity index is 677. The van der Waals surface area contributed by atoms with Gasteiger partial charge in [-0.1, -0.05) is 23.7 Å². The van der Waals surface area contributed by atoms with E-state index in [1.807, 2.05) is 0 Å². The Morgan fingerprint density at radius 3 is 2.81 bits per heavy atom. The zero-order valence-corrected chi connectivity index (χ0v) is 12.1. The maximum Gasteiger partial charge on any atom is 0.254 e. The number of benzene rings is 2. The highest BCUT2D eigenvalue weighted by Crippen LogP contribution is 2.22. The Balaban J connectivity index is 2.07. The van der Waals surface area contributed by atoms with Crippen LogP contribution in [0.5, 0.6) is 5.75 Å². The quantitative estimate of drug-likeness (QED) is 0.853. The SMILES string of the molecule is COc1ccc(CNC(=O)c2cccc(Cl)c2F)cc1N. The lowest BCUT2D eigenvalue weighted by Crippen LogP contribution is -2.24. The fraction of sp³-hybridized carbons (Fsp3) is 0.133. The van der Waals surface area contributed by atoms with Crippen LogP contribution in [0.1, 0.15) is 15.9 Å². The zero-order valence-electron chi connectivity index (χ0n) is 11.3. The van der Waals surface area contributed by atoms with E-state index in [4.69, 9.17) is 22.1 Å². The summed E-state index contributed by atoms with van der Waals surface area (Å²) in [6, 6.07) is 9.44. The van der Waals surface area contributed by atoms with Crippen LogP contribution in [0.15, 0.2) is 36.4 Å². The molecule has 0 aliphatic carbocycles. The summed E-state index contributed by atoms with van der Waals surface area (Å²) < 4.78 is 18.8. The maximum atomic E-state index is 13.7. The van der Waals surface area contributed by atoms with E-state index in [0.717, 1.165) is 5.56 Å². The molecule has 0 aliphatic heterocycles. The van der Waals surface area contributed by atoms with Gasteiger partial charge in [0.15, 0.2) is 5.82 Å². The second-order valence-corrected chi connectivity index (χ2v) is 4.77. The third-order valence-electron chi connectivity index (χ3n) is 2.94. The first-order chi connectivity index (χ1) is 10.0. The Labute approximate surface area is 126 Å². The van der Waals surface area contributed by atoms with Gasteiger partial charge in [0.05, 0.1) is 23.4 Å². The van der Waals surface area contributed by atoms with Crippen molar-refractivity contribution >= 4 is 23.2 Å². The molecule has 110 valence electrons. The Kier molecular flexibility index (Phi) is 4.65. The number of halogens is 2. The van der Waals surface area contributed by atoms with Crippen LogP contribution in [0.4, 0.5) is 10.1 Å². The largest absolute Gasteiger partial charge is 0.495 e. The summed E-state index contributed by atoms with van der Waals surface area (Å²) in [6.07, 6.45) is 0. The minimum atomic E-state index is -0.731. The van der Waals surface area contributed by atoms with Crippen molar-refractivity contribution < 1.29 is 13.9 Å². The topological polar surface area (TPSA) is 64.3 Å². The van der Waals surface area contributed by atoms with Crippen LogP contribution in [0.25, 0.3) is 0 Å². The molecule has 2 aromatic rings. The molecule has 4 nitrogen and oxygen atoms in total. The van der Waals surface area contributed by atoms with Gasteiger partial charge in [-0.25, -0.2) is 4.39 Å². The van der Waals surface area contributed by atoms with Crippen molar-refractivity contribution in [3.8, 4) is 5.75 Å². The average Bonchev–Trinajstić information content (AvgIpc) is 2.47. The van der Waals surface area contributed by atoms with Crippen LogP contribution in [0.2, 0.25) is 5.02 Å². The number of hydrogen-bond acceptors (Lipinski definition) is 3. The van der Waals surface area contributed by atoms with Crippen LogP contribution >= 0.6 is 11.6 Å². The molecule has 3 N–H and O–H groups in total. The molecule has 0 bridgehead atoms. The first-order valence-corrected chi connectivity index (χ1v) is 6.55. The number of nitrogen functional groups attached to an aromatic ring is 1. The van der Waals surface area contributed by atoms with E-state index in [1.54, 1.807) is 18.2 Å². The smallest absolute Gasteiger partial charge is 0.254 e. The fourth-order valence-electron chi connectivity index (χ4n) is 1.85. The van der Waals surface area contributed by atoms with Crippen molar-refractivity contribution in [2.75, 3.05) is 12.8 Å². The number of rotatable bonds is 4. The standard InChI is InChI=1S/C15H14ClFN2O2/c1-21-13-6-5-9(7-12(13)18)8-19-15(20)10-3-2-4-11(16)14(10)17/h2-7H,8,18H2,1H3,(H,19,20). The molecule has 1 amide bonds. The van der Waals surface area contributed by atoms with Gasteiger partial charge in [-0.15, -0.1) is 0 Å². The van der Waals surface area contributed by atoms with Crippen LogP contribution in [-0.2, 0) is 6.54 Å². The molecule has 0 spiro atoms. The summed E-state index contributed by atoms with van der Waals surface area (Å²) in [5.41, 5.74) is 6.94. The van der Waals surface area contributed by atoms with E-state index in [2.05, 4.69) is 5.32 Å². The van der Waals surface area contributed by atoms with Gasteiger partial charge in [0, 0.05) is 6.54 Å². The number of methoxy groups -OCH3 is 1. The van der Waals surface area contributed by atoms with E-state index >= 15 is 0 Å². The van der Waals surface area contributed by atoms with Crippen molar-refractivity contribution in [1.82, 2.24) is 5.32 Å². The van der Waals surface area contributed by atoms with E-state index in [0.29, 0.717) is 11.4 Å². The lowest BCUT2D eigenvalue weighted by molar-refractivity contribution is 0.0947. The molecule has 0 heterocycles. The third kappa shape index (κ3) is 3.44. The van der Waals surface area contributed by atoms with Crippen molar-refractivity contribution in [2.24, 2.45) is 0 Å². The summed E-state index contributed by atoms with van der Waals surface area (Å²) in [5, 5.41) is 2.53. The first kappa shape index (κ1) is 15.1. The van der Waals surface area contributed by atoms with Gasteiger partial charge in [0.2, 0.25) is 0 Å². The highest BCUT2D eigenvalue weighted by atomic mass is 35.5. The number of amides is 1. The van der Waals surface area contributed by atoms with Crippen molar-refractivity contribution in [3.05, 3.63) is 58.4 Å². The van der Waals surface area contributed by atoms with Gasteiger partial charge in [-0.05, 0) is 29.8 Å². The van der Waals surface area contributed by atoms with Crippen molar-refractivity contribution in [3.63, 3.8) is 0 Å². The minimum absolute atomic E-state index is 0.0867. The summed E-state index contributed by atoms with van der Waals surface area (Å²) in [7, 11) is 1.52. The first-order valence-electron chi connectivity index (χ1n) is 6.17. The number of nitrogens with two attached hydrogens (primary N) is 1. The normalized spacial score (nSPS) is 10.2. The summed E-state index contributed by atoms with van der Waals surface area (Å²) in [4.78, 5) is 11.9. The van der Waals surface area contributed by atoms with Gasteiger partial charge in [-0.3, -0.25) is 4.79 Å². The molecule has 0 fully saturated rings. The predicted octanol–water partition coefficient (Wildman–Crippen LogP) is 3.00. The molecular formula is C15H14ClFN2O2. The molecule has 0 saturated carbocycles. The molecule has 2 rings (SSSR count). The van der Waals surface area contributed by atoms with Crippen LogP contribution in [0.3, 0.4) is 0 Å².